The molecule has 3 amide bonds. The van der Waals surface area contributed by atoms with E-state index in [1.807, 2.05) is 18.2 Å². The molecule has 1 saturated carbocycles. The van der Waals surface area contributed by atoms with Crippen LogP contribution in [0.1, 0.15) is 65.9 Å². The molecular formula is C28H30FN3O4. The van der Waals surface area contributed by atoms with Crippen LogP contribution in [0.2, 0.25) is 0 Å². The van der Waals surface area contributed by atoms with Crippen molar-refractivity contribution in [3.05, 3.63) is 65.0 Å². The molecule has 7 nitrogen and oxygen atoms in total. The van der Waals surface area contributed by atoms with Crippen LogP contribution >= 0.6 is 0 Å². The third-order valence-electron chi connectivity index (χ3n) is 8.15. The number of nitrogens with zero attached hydrogens (tertiary/aromatic N) is 2. The molecule has 8 heteroatoms. The number of amides is 3. The second-order valence-electron chi connectivity index (χ2n) is 10.4. The van der Waals surface area contributed by atoms with Gasteiger partial charge in [0, 0.05) is 43.6 Å². The van der Waals surface area contributed by atoms with Gasteiger partial charge in [0.05, 0.1) is 0 Å². The Labute approximate surface area is 209 Å². The van der Waals surface area contributed by atoms with E-state index in [1.165, 1.54) is 12.5 Å². The molecule has 3 atom stereocenters. The van der Waals surface area contributed by atoms with Gasteiger partial charge in [-0.25, -0.2) is 4.39 Å². The maximum absolute atomic E-state index is 13.6. The highest BCUT2D eigenvalue weighted by molar-refractivity contribution is 6.05. The van der Waals surface area contributed by atoms with Gasteiger partial charge >= 0.3 is 0 Å². The second kappa shape index (κ2) is 9.32. The Morgan fingerprint density at radius 1 is 0.972 bits per heavy atom. The fraction of sp³-hybridized carbons (Fsp3) is 0.464. The van der Waals surface area contributed by atoms with Gasteiger partial charge in [0.25, 0.3) is 5.91 Å². The number of imide groups is 1. The predicted molar refractivity (Wildman–Crippen MR) is 130 cm³/mol. The number of halogens is 1. The summed E-state index contributed by atoms with van der Waals surface area (Å²) in [4.78, 5) is 40.8. The number of likely N-dealkylation sites (tertiary alicyclic amines) is 1. The summed E-state index contributed by atoms with van der Waals surface area (Å²) in [7, 11) is 0. The molecule has 2 aromatic carbocycles. The zero-order valence-corrected chi connectivity index (χ0v) is 20.1. The van der Waals surface area contributed by atoms with Crippen LogP contribution in [-0.2, 0) is 16.1 Å². The van der Waals surface area contributed by atoms with Gasteiger partial charge in [0.1, 0.15) is 23.7 Å². The Bertz CT molecular complexity index is 1210. The number of ether oxygens (including phenoxy) is 1. The maximum Gasteiger partial charge on any atom is 0.255 e. The monoisotopic (exact) mass is 491 g/mol. The molecule has 0 bridgehead atoms. The van der Waals surface area contributed by atoms with E-state index in [1.54, 1.807) is 23.1 Å². The molecule has 3 aliphatic heterocycles. The van der Waals surface area contributed by atoms with Gasteiger partial charge in [0.15, 0.2) is 0 Å². The van der Waals surface area contributed by atoms with Crippen LogP contribution in [0.15, 0.2) is 42.5 Å². The number of benzene rings is 2. The van der Waals surface area contributed by atoms with E-state index in [0.717, 1.165) is 49.2 Å². The largest absolute Gasteiger partial charge is 0.489 e. The van der Waals surface area contributed by atoms with Crippen molar-refractivity contribution in [2.24, 2.45) is 0 Å². The zero-order valence-electron chi connectivity index (χ0n) is 20.1. The number of hydrogen-bond acceptors (Lipinski definition) is 5. The van der Waals surface area contributed by atoms with Crippen LogP contribution in [0.25, 0.3) is 0 Å². The van der Waals surface area contributed by atoms with E-state index < -0.39 is 11.9 Å². The summed E-state index contributed by atoms with van der Waals surface area (Å²) in [5.41, 5.74) is 2.50. The number of piperidine rings is 1. The lowest BCUT2D eigenvalue weighted by Crippen LogP contribution is -2.57. The van der Waals surface area contributed by atoms with Crippen LogP contribution in [0.4, 0.5) is 4.39 Å². The molecule has 2 saturated heterocycles. The summed E-state index contributed by atoms with van der Waals surface area (Å²) in [6, 6.07) is 12.2. The Hall–Kier alpha value is -3.26. The highest BCUT2D eigenvalue weighted by Gasteiger charge is 2.41. The number of hydrogen-bond donors (Lipinski definition) is 1. The SMILES string of the molecule is O=C1CCC(N2Cc3cc(O[C@H]4CCCC[C@H]4N4CC(c5cccc(F)c5)C4)ccc3C2=O)C(=O)N1. The van der Waals surface area contributed by atoms with Crippen molar-refractivity contribution in [1.82, 2.24) is 15.1 Å². The van der Waals surface area contributed by atoms with Crippen LogP contribution < -0.4 is 10.1 Å². The van der Waals surface area contributed by atoms with Crippen molar-refractivity contribution < 1.29 is 23.5 Å². The minimum atomic E-state index is -0.618. The Morgan fingerprint density at radius 2 is 1.81 bits per heavy atom. The summed E-state index contributed by atoms with van der Waals surface area (Å²) in [5, 5.41) is 2.34. The van der Waals surface area contributed by atoms with Crippen molar-refractivity contribution in [3.8, 4) is 5.75 Å². The number of carbonyl (C=O) groups is 3. The summed E-state index contributed by atoms with van der Waals surface area (Å²) in [6.07, 6.45) is 5.00. The third-order valence-corrected chi connectivity index (χ3v) is 8.15. The highest BCUT2D eigenvalue weighted by atomic mass is 19.1. The number of carbonyl (C=O) groups excluding carboxylic acids is 3. The Morgan fingerprint density at radius 3 is 2.61 bits per heavy atom. The third kappa shape index (κ3) is 4.28. The van der Waals surface area contributed by atoms with Crippen molar-refractivity contribution in [3.63, 3.8) is 0 Å². The van der Waals surface area contributed by atoms with Gasteiger partial charge in [-0.15, -0.1) is 0 Å². The maximum atomic E-state index is 13.6. The Balaban J connectivity index is 1.12. The molecule has 0 spiro atoms. The lowest BCUT2D eigenvalue weighted by atomic mass is 9.84. The predicted octanol–water partition coefficient (Wildman–Crippen LogP) is 3.38. The fourth-order valence-electron chi connectivity index (χ4n) is 6.19. The van der Waals surface area contributed by atoms with Crippen LogP contribution in [0.3, 0.4) is 0 Å². The second-order valence-corrected chi connectivity index (χ2v) is 10.4. The fourth-order valence-corrected chi connectivity index (χ4v) is 6.19. The summed E-state index contributed by atoms with van der Waals surface area (Å²) >= 11 is 0. The average molecular weight is 492 g/mol. The van der Waals surface area contributed by atoms with Gasteiger partial charge in [-0.05, 0) is 67.1 Å². The lowest BCUT2D eigenvalue weighted by molar-refractivity contribution is -0.136. The van der Waals surface area contributed by atoms with Gasteiger partial charge in [-0.1, -0.05) is 18.6 Å². The molecule has 36 heavy (non-hydrogen) atoms. The minimum absolute atomic E-state index is 0.0635. The van der Waals surface area contributed by atoms with Gasteiger partial charge in [0.2, 0.25) is 11.8 Å². The summed E-state index contributed by atoms with van der Waals surface area (Å²) < 4.78 is 20.1. The average Bonchev–Trinajstić information content (AvgIpc) is 3.15. The molecule has 3 fully saturated rings. The van der Waals surface area contributed by atoms with Gasteiger partial charge in [-0.3, -0.25) is 24.6 Å². The van der Waals surface area contributed by atoms with Crippen LogP contribution in [-0.4, -0.2) is 58.8 Å². The van der Waals surface area contributed by atoms with Crippen molar-refractivity contribution in [1.29, 1.82) is 0 Å². The number of fused-ring (bicyclic) bond motifs is 1. The number of nitrogens with one attached hydrogen (secondary N) is 1. The van der Waals surface area contributed by atoms with Crippen molar-refractivity contribution >= 4 is 17.7 Å². The number of rotatable bonds is 5. The molecule has 1 N–H and O–H groups in total. The molecule has 188 valence electrons. The standard InChI is InChI=1S/C28H30FN3O4/c29-20-5-3-4-17(12-20)19-14-31(15-19)23-6-1-2-7-25(23)36-21-8-9-22-18(13-21)16-32(28(22)35)24-10-11-26(33)30-27(24)34/h3-5,8-9,12-13,19,23-25H,1-2,6-7,10-11,14-16H2,(H,30,33,34)/t23-,24?,25+/m1/s1. The molecule has 4 aliphatic rings. The van der Waals surface area contributed by atoms with E-state index in [-0.39, 0.29) is 30.2 Å². The normalized spacial score (nSPS) is 27.0. The van der Waals surface area contributed by atoms with E-state index in [4.69, 9.17) is 4.74 Å². The lowest BCUT2D eigenvalue weighted by Gasteiger charge is -2.48. The first-order chi connectivity index (χ1) is 17.5. The van der Waals surface area contributed by atoms with Crippen LogP contribution in [0.5, 0.6) is 5.75 Å². The molecule has 1 aliphatic carbocycles. The van der Waals surface area contributed by atoms with E-state index in [9.17, 15) is 18.8 Å². The van der Waals surface area contributed by atoms with E-state index in [0.29, 0.717) is 30.5 Å². The first-order valence-electron chi connectivity index (χ1n) is 12.9. The molecule has 1 unspecified atom stereocenters. The first kappa shape index (κ1) is 23.2. The molecular weight excluding hydrogens is 461 g/mol. The molecule has 3 heterocycles. The van der Waals surface area contributed by atoms with E-state index in [2.05, 4.69) is 10.2 Å². The molecule has 6 rings (SSSR count). The van der Waals surface area contributed by atoms with Crippen LogP contribution in [0, 0.1) is 5.82 Å². The zero-order chi connectivity index (χ0) is 24.8. The summed E-state index contributed by atoms with van der Waals surface area (Å²) in [6.45, 7) is 2.16. The molecule has 0 aromatic heterocycles. The smallest absolute Gasteiger partial charge is 0.255 e. The molecule has 2 aromatic rings. The molecule has 0 radical (unpaired) electrons. The van der Waals surface area contributed by atoms with Crippen molar-refractivity contribution in [2.75, 3.05) is 13.1 Å². The highest BCUT2D eigenvalue weighted by Crippen LogP contribution is 2.36. The first-order valence-corrected chi connectivity index (χ1v) is 12.9. The van der Waals surface area contributed by atoms with Gasteiger partial charge in [-0.2, -0.15) is 0 Å². The Kier molecular flexibility index (Phi) is 5.99. The quantitative estimate of drug-likeness (QED) is 0.649. The van der Waals surface area contributed by atoms with Gasteiger partial charge < -0.3 is 9.64 Å². The van der Waals surface area contributed by atoms with E-state index >= 15 is 0 Å². The minimum Gasteiger partial charge on any atom is -0.489 e. The van der Waals surface area contributed by atoms with Crippen molar-refractivity contribution in [2.45, 2.75) is 69.2 Å². The summed E-state index contributed by atoms with van der Waals surface area (Å²) in [5.74, 6) is 0.0441. The topological polar surface area (TPSA) is 79.0 Å².